The van der Waals surface area contributed by atoms with Crippen LogP contribution >= 0.6 is 0 Å². The molecule has 0 bridgehead atoms. The molecule has 1 aromatic heterocycles. The van der Waals surface area contributed by atoms with Crippen LogP contribution < -0.4 is 0 Å². The topological polar surface area (TPSA) is 4.93 Å². The van der Waals surface area contributed by atoms with Gasteiger partial charge in [0.15, 0.2) is 0 Å². The van der Waals surface area contributed by atoms with Crippen LogP contribution in [0.4, 0.5) is 0 Å². The van der Waals surface area contributed by atoms with Crippen molar-refractivity contribution in [3.8, 4) is 27.9 Å². The van der Waals surface area contributed by atoms with Gasteiger partial charge in [-0.25, -0.2) is 0 Å². The number of allylic oxidation sites excluding steroid dienone is 1. The van der Waals surface area contributed by atoms with Crippen molar-refractivity contribution < 1.29 is 0 Å². The molecule has 1 heteroatoms. The first kappa shape index (κ1) is 27.4. The predicted molar refractivity (Wildman–Crippen MR) is 192 cm³/mol. The lowest BCUT2D eigenvalue weighted by atomic mass is 9.81. The van der Waals surface area contributed by atoms with Gasteiger partial charge in [-0.1, -0.05) is 117 Å². The Hall–Kier alpha value is -5.14. The van der Waals surface area contributed by atoms with Gasteiger partial charge in [-0.05, 0) is 112 Å². The van der Waals surface area contributed by atoms with Gasteiger partial charge < -0.3 is 4.57 Å². The van der Waals surface area contributed by atoms with E-state index in [2.05, 4.69) is 172 Å². The number of rotatable bonds is 5. The standard InChI is InChI=1S/C44H37N/c1-5-11-33-28-43-38(24-29(33)2)39-27-34(21-23-42(39)45(43)35-12-7-6-8-13-35)32-19-16-30(17-20-32)25-31-18-22-37-36-14-9-10-15-40(36)44(3,4)41(37)26-31/h5-24,26-28H,25H2,1-4H3/b11-5-. The summed E-state index contributed by atoms with van der Waals surface area (Å²) >= 11 is 0. The van der Waals surface area contributed by atoms with Gasteiger partial charge in [0.1, 0.15) is 0 Å². The van der Waals surface area contributed by atoms with Crippen molar-refractivity contribution in [3.05, 3.63) is 167 Å². The van der Waals surface area contributed by atoms with Crippen molar-refractivity contribution in [1.82, 2.24) is 4.57 Å². The van der Waals surface area contributed by atoms with E-state index < -0.39 is 0 Å². The number of benzene rings is 6. The van der Waals surface area contributed by atoms with Crippen LogP contribution in [0.3, 0.4) is 0 Å². The maximum absolute atomic E-state index is 2.43. The van der Waals surface area contributed by atoms with Crippen LogP contribution in [-0.2, 0) is 11.8 Å². The number of aryl methyl sites for hydroxylation is 1. The van der Waals surface area contributed by atoms with E-state index in [0.717, 1.165) is 6.42 Å². The molecule has 45 heavy (non-hydrogen) atoms. The second kappa shape index (κ2) is 10.5. The molecule has 1 aliphatic rings. The van der Waals surface area contributed by atoms with Gasteiger partial charge in [0.2, 0.25) is 0 Å². The Morgan fingerprint density at radius 1 is 0.600 bits per heavy atom. The van der Waals surface area contributed by atoms with E-state index >= 15 is 0 Å². The van der Waals surface area contributed by atoms with Gasteiger partial charge in [-0.2, -0.15) is 0 Å². The fourth-order valence-electron chi connectivity index (χ4n) is 7.50. The van der Waals surface area contributed by atoms with Crippen LogP contribution in [0.25, 0.3) is 55.8 Å². The van der Waals surface area contributed by atoms with Gasteiger partial charge in [0.25, 0.3) is 0 Å². The zero-order valence-corrected chi connectivity index (χ0v) is 26.4. The van der Waals surface area contributed by atoms with Crippen LogP contribution in [0.2, 0.25) is 0 Å². The Kier molecular flexibility index (Phi) is 6.39. The molecule has 0 fully saturated rings. The summed E-state index contributed by atoms with van der Waals surface area (Å²) in [7, 11) is 0. The molecule has 0 radical (unpaired) electrons. The van der Waals surface area contributed by atoms with E-state index in [1.165, 1.54) is 83.1 Å². The van der Waals surface area contributed by atoms with Gasteiger partial charge in [-0.15, -0.1) is 0 Å². The summed E-state index contributed by atoms with van der Waals surface area (Å²) in [6.07, 6.45) is 5.25. The van der Waals surface area contributed by atoms with Crippen molar-refractivity contribution in [3.63, 3.8) is 0 Å². The lowest BCUT2D eigenvalue weighted by Crippen LogP contribution is -2.15. The molecule has 1 heterocycles. The quantitative estimate of drug-likeness (QED) is 0.191. The highest BCUT2D eigenvalue weighted by atomic mass is 15.0. The third-order valence-corrected chi connectivity index (χ3v) is 9.86. The third kappa shape index (κ3) is 4.46. The number of aromatic nitrogens is 1. The van der Waals surface area contributed by atoms with E-state index in [9.17, 15) is 0 Å². The zero-order chi connectivity index (χ0) is 30.7. The lowest BCUT2D eigenvalue weighted by molar-refractivity contribution is 0.659. The minimum Gasteiger partial charge on any atom is -0.309 e. The van der Waals surface area contributed by atoms with E-state index in [-0.39, 0.29) is 5.41 Å². The first-order valence-electron chi connectivity index (χ1n) is 16.0. The Balaban J connectivity index is 1.15. The van der Waals surface area contributed by atoms with Crippen LogP contribution in [-0.4, -0.2) is 4.57 Å². The monoisotopic (exact) mass is 579 g/mol. The van der Waals surface area contributed by atoms with Crippen molar-refractivity contribution in [2.75, 3.05) is 0 Å². The number of para-hydroxylation sites is 1. The average molecular weight is 580 g/mol. The van der Waals surface area contributed by atoms with Gasteiger partial charge >= 0.3 is 0 Å². The summed E-state index contributed by atoms with van der Waals surface area (Å²) in [6, 6.07) is 47.5. The first-order chi connectivity index (χ1) is 21.9. The summed E-state index contributed by atoms with van der Waals surface area (Å²) in [5.41, 5.74) is 17.1. The maximum Gasteiger partial charge on any atom is 0.0547 e. The summed E-state index contributed by atoms with van der Waals surface area (Å²) in [6.45, 7) is 9.00. The highest BCUT2D eigenvalue weighted by molar-refractivity contribution is 6.11. The molecule has 8 rings (SSSR count). The Morgan fingerprint density at radius 2 is 1.29 bits per heavy atom. The lowest BCUT2D eigenvalue weighted by Gasteiger charge is -2.22. The molecule has 6 aromatic carbocycles. The number of hydrogen-bond donors (Lipinski definition) is 0. The molecule has 0 unspecified atom stereocenters. The fourth-order valence-corrected chi connectivity index (χ4v) is 7.50. The fraction of sp³-hybridized carbons (Fsp3) is 0.136. The van der Waals surface area contributed by atoms with Gasteiger partial charge in [-0.3, -0.25) is 0 Å². The summed E-state index contributed by atoms with van der Waals surface area (Å²) in [4.78, 5) is 0. The highest BCUT2D eigenvalue weighted by Crippen LogP contribution is 2.48. The van der Waals surface area contributed by atoms with Crippen LogP contribution in [0, 0.1) is 6.92 Å². The smallest absolute Gasteiger partial charge is 0.0547 e. The normalized spacial score (nSPS) is 13.5. The predicted octanol–water partition coefficient (Wildman–Crippen LogP) is 11.7. The van der Waals surface area contributed by atoms with E-state index in [1.54, 1.807) is 0 Å². The molecular weight excluding hydrogens is 542 g/mol. The largest absolute Gasteiger partial charge is 0.309 e. The highest BCUT2D eigenvalue weighted by Gasteiger charge is 2.35. The van der Waals surface area contributed by atoms with E-state index in [4.69, 9.17) is 0 Å². The number of hydrogen-bond acceptors (Lipinski definition) is 0. The summed E-state index contributed by atoms with van der Waals surface area (Å²) in [5, 5.41) is 2.58. The minimum absolute atomic E-state index is 0.0287. The minimum atomic E-state index is 0.0287. The van der Waals surface area contributed by atoms with Gasteiger partial charge in [0.05, 0.1) is 11.0 Å². The SMILES string of the molecule is C/C=C\c1cc2c(cc1C)c1cc(-c3ccc(Cc4ccc5c(c4)C(C)(C)c4ccccc4-5)cc3)ccc1n2-c1ccccc1. The number of nitrogens with zero attached hydrogens (tertiary/aromatic N) is 1. The molecule has 218 valence electrons. The molecule has 0 saturated carbocycles. The van der Waals surface area contributed by atoms with Crippen molar-refractivity contribution >= 4 is 27.9 Å². The van der Waals surface area contributed by atoms with Crippen LogP contribution in [0.15, 0.2) is 133 Å². The molecule has 0 saturated heterocycles. The van der Waals surface area contributed by atoms with Crippen molar-refractivity contribution in [2.45, 2.75) is 39.5 Å². The molecule has 0 N–H and O–H groups in total. The van der Waals surface area contributed by atoms with Gasteiger partial charge in [0, 0.05) is 21.9 Å². The number of fused-ring (bicyclic) bond motifs is 6. The zero-order valence-electron chi connectivity index (χ0n) is 26.4. The van der Waals surface area contributed by atoms with Crippen LogP contribution in [0.5, 0.6) is 0 Å². The Labute approximate surface area is 266 Å². The molecule has 1 aliphatic carbocycles. The first-order valence-corrected chi connectivity index (χ1v) is 16.0. The van der Waals surface area contributed by atoms with Crippen molar-refractivity contribution in [1.29, 1.82) is 0 Å². The Morgan fingerprint density at radius 3 is 2.09 bits per heavy atom. The molecular formula is C44H37N. The molecule has 0 atom stereocenters. The Bertz CT molecular complexity index is 2260. The second-order valence-corrected chi connectivity index (χ2v) is 13.1. The molecule has 0 amide bonds. The maximum atomic E-state index is 2.43. The molecule has 0 spiro atoms. The van der Waals surface area contributed by atoms with E-state index in [0.29, 0.717) is 0 Å². The molecule has 7 aromatic rings. The molecule has 1 nitrogen and oxygen atoms in total. The van der Waals surface area contributed by atoms with Crippen molar-refractivity contribution in [2.24, 2.45) is 0 Å². The van der Waals surface area contributed by atoms with Crippen LogP contribution in [0.1, 0.15) is 54.2 Å². The summed E-state index contributed by atoms with van der Waals surface area (Å²) in [5.74, 6) is 0. The average Bonchev–Trinajstić information content (AvgIpc) is 3.49. The van der Waals surface area contributed by atoms with E-state index in [1.807, 2.05) is 0 Å². The summed E-state index contributed by atoms with van der Waals surface area (Å²) < 4.78 is 2.40. The molecule has 0 aliphatic heterocycles. The second-order valence-electron chi connectivity index (χ2n) is 13.1. The third-order valence-electron chi connectivity index (χ3n) is 9.86.